The Morgan fingerprint density at radius 1 is 1.24 bits per heavy atom. The summed E-state index contributed by atoms with van der Waals surface area (Å²) in [6.45, 7) is 0.832. The van der Waals surface area contributed by atoms with Gasteiger partial charge in [-0.2, -0.15) is 13.2 Å². The van der Waals surface area contributed by atoms with Crippen molar-refractivity contribution in [2.24, 2.45) is 0 Å². The van der Waals surface area contributed by atoms with Gasteiger partial charge in [0.2, 0.25) is 0 Å². The van der Waals surface area contributed by atoms with Crippen LogP contribution in [0.1, 0.15) is 5.56 Å². The van der Waals surface area contributed by atoms with E-state index in [0.29, 0.717) is 5.82 Å². The second kappa shape index (κ2) is 4.24. The quantitative estimate of drug-likeness (QED) is 0.786. The fourth-order valence-corrected chi connectivity index (χ4v) is 1.70. The lowest BCUT2D eigenvalue weighted by Crippen LogP contribution is -2.17. The van der Waals surface area contributed by atoms with Gasteiger partial charge >= 0.3 is 6.18 Å². The Hall–Kier alpha value is -1.78. The van der Waals surface area contributed by atoms with Crippen LogP contribution in [0.3, 0.4) is 0 Å². The number of imidazole rings is 1. The van der Waals surface area contributed by atoms with Gasteiger partial charge in [0.1, 0.15) is 12.4 Å². The zero-order chi connectivity index (χ0) is 12.5. The van der Waals surface area contributed by atoms with Crippen molar-refractivity contribution >= 4 is 0 Å². The van der Waals surface area contributed by atoms with Crippen LogP contribution in [0.2, 0.25) is 0 Å². The maximum atomic E-state index is 12.4. The van der Waals surface area contributed by atoms with Crippen LogP contribution < -0.4 is 0 Å². The molecular weight excluding hydrogens is 229 g/mol. The van der Waals surface area contributed by atoms with Crippen molar-refractivity contribution in [1.29, 1.82) is 0 Å². The van der Waals surface area contributed by atoms with Gasteiger partial charge in [0.15, 0.2) is 0 Å². The summed E-state index contributed by atoms with van der Waals surface area (Å²) in [7, 11) is 0. The molecule has 0 bridgehead atoms. The van der Waals surface area contributed by atoms with Crippen molar-refractivity contribution in [2.75, 3.05) is 0 Å². The summed E-state index contributed by atoms with van der Waals surface area (Å²) in [5.41, 5.74) is 1.63. The predicted molar refractivity (Wildman–Crippen MR) is 58.5 cm³/mol. The first-order valence-corrected chi connectivity index (χ1v) is 5.11. The van der Waals surface area contributed by atoms with Gasteiger partial charge in [-0.15, -0.1) is 0 Å². The lowest BCUT2D eigenvalue weighted by Gasteiger charge is -2.11. The minimum Gasteiger partial charge on any atom is -0.322 e. The highest BCUT2D eigenvalue weighted by Crippen LogP contribution is 2.25. The van der Waals surface area contributed by atoms with Crippen molar-refractivity contribution in [3.8, 4) is 11.4 Å². The minimum atomic E-state index is -4.24. The van der Waals surface area contributed by atoms with Crippen molar-refractivity contribution in [1.82, 2.24) is 9.55 Å². The highest BCUT2D eigenvalue weighted by Gasteiger charge is 2.29. The number of halogens is 3. The van der Waals surface area contributed by atoms with Crippen LogP contribution in [0.25, 0.3) is 11.4 Å². The van der Waals surface area contributed by atoms with Crippen LogP contribution in [-0.4, -0.2) is 15.7 Å². The molecular formula is C12H11F3N2. The van der Waals surface area contributed by atoms with Crippen molar-refractivity contribution in [3.63, 3.8) is 0 Å². The van der Waals surface area contributed by atoms with Crippen molar-refractivity contribution in [2.45, 2.75) is 19.6 Å². The molecule has 1 aromatic carbocycles. The van der Waals surface area contributed by atoms with Gasteiger partial charge < -0.3 is 4.57 Å². The predicted octanol–water partition coefficient (Wildman–Crippen LogP) is 3.42. The third-order valence-electron chi connectivity index (χ3n) is 2.45. The van der Waals surface area contributed by atoms with E-state index in [2.05, 4.69) is 4.98 Å². The fraction of sp³-hybridized carbons (Fsp3) is 0.250. The Kier molecular flexibility index (Phi) is 2.92. The second-order valence-electron chi connectivity index (χ2n) is 3.81. The van der Waals surface area contributed by atoms with Crippen molar-refractivity contribution < 1.29 is 13.2 Å². The highest BCUT2D eigenvalue weighted by molar-refractivity contribution is 5.60. The average Bonchev–Trinajstić information content (AvgIpc) is 2.64. The van der Waals surface area contributed by atoms with Crippen LogP contribution in [-0.2, 0) is 6.54 Å². The molecule has 0 unspecified atom stereocenters. The smallest absolute Gasteiger partial charge is 0.322 e. The lowest BCUT2D eigenvalue weighted by atomic mass is 10.1. The third kappa shape index (κ3) is 2.67. The molecule has 1 aromatic heterocycles. The van der Waals surface area contributed by atoms with E-state index in [0.717, 1.165) is 15.7 Å². The van der Waals surface area contributed by atoms with Gasteiger partial charge in [-0.3, -0.25) is 0 Å². The number of nitrogens with zero attached hydrogens (tertiary/aromatic N) is 2. The van der Waals surface area contributed by atoms with Gasteiger partial charge in [0.25, 0.3) is 0 Å². The summed E-state index contributed by atoms with van der Waals surface area (Å²) in [6.07, 6.45) is -1.51. The zero-order valence-electron chi connectivity index (χ0n) is 9.20. The molecule has 2 rings (SSSR count). The minimum absolute atomic E-state index is 0.348. The molecule has 0 aliphatic rings. The van der Waals surface area contributed by atoms with E-state index in [-0.39, 0.29) is 0 Å². The fourth-order valence-electron chi connectivity index (χ4n) is 1.70. The van der Waals surface area contributed by atoms with E-state index >= 15 is 0 Å². The van der Waals surface area contributed by atoms with E-state index in [1.165, 1.54) is 12.4 Å². The first-order valence-electron chi connectivity index (χ1n) is 5.11. The van der Waals surface area contributed by atoms with Gasteiger partial charge in [-0.05, 0) is 12.5 Å². The summed E-state index contributed by atoms with van der Waals surface area (Å²) in [6, 6.07) is 7.25. The Balaban J connectivity index is 2.41. The SMILES string of the molecule is Cc1ccccc1-c1nccn1CC(F)(F)F. The molecule has 0 spiro atoms. The first kappa shape index (κ1) is 11.7. The molecule has 0 amide bonds. The van der Waals surface area contributed by atoms with Crippen LogP contribution in [0.15, 0.2) is 36.7 Å². The molecule has 90 valence electrons. The molecule has 0 N–H and O–H groups in total. The topological polar surface area (TPSA) is 17.8 Å². The van der Waals surface area contributed by atoms with Gasteiger partial charge in [0, 0.05) is 18.0 Å². The Bertz CT molecular complexity index is 514. The maximum Gasteiger partial charge on any atom is 0.406 e. The molecule has 2 nitrogen and oxygen atoms in total. The number of hydrogen-bond donors (Lipinski definition) is 0. The number of aryl methyl sites for hydroxylation is 1. The molecule has 0 fully saturated rings. The highest BCUT2D eigenvalue weighted by atomic mass is 19.4. The molecule has 0 saturated carbocycles. The van der Waals surface area contributed by atoms with Crippen LogP contribution in [0.4, 0.5) is 13.2 Å². The standard InChI is InChI=1S/C12H11F3N2/c1-9-4-2-3-5-10(9)11-16-6-7-17(11)8-12(13,14)15/h2-7H,8H2,1H3. The zero-order valence-corrected chi connectivity index (χ0v) is 9.20. The van der Waals surface area contributed by atoms with Crippen molar-refractivity contribution in [3.05, 3.63) is 42.2 Å². The number of benzene rings is 1. The molecule has 5 heteroatoms. The Morgan fingerprint density at radius 2 is 1.94 bits per heavy atom. The molecule has 0 atom stereocenters. The number of aromatic nitrogens is 2. The molecule has 2 aromatic rings. The summed E-state index contributed by atoms with van der Waals surface area (Å²) < 4.78 is 38.2. The third-order valence-corrected chi connectivity index (χ3v) is 2.45. The molecule has 1 heterocycles. The Morgan fingerprint density at radius 3 is 2.59 bits per heavy atom. The van der Waals surface area contributed by atoms with Gasteiger partial charge in [0.05, 0.1) is 0 Å². The van der Waals surface area contributed by atoms with Crippen LogP contribution >= 0.6 is 0 Å². The second-order valence-corrected chi connectivity index (χ2v) is 3.81. The number of alkyl halides is 3. The van der Waals surface area contributed by atoms with E-state index < -0.39 is 12.7 Å². The summed E-state index contributed by atoms with van der Waals surface area (Å²) in [5.74, 6) is 0.348. The number of hydrogen-bond acceptors (Lipinski definition) is 1. The van der Waals surface area contributed by atoms with Gasteiger partial charge in [-0.1, -0.05) is 24.3 Å². The first-order chi connectivity index (χ1) is 7.97. The molecule has 0 aliphatic heterocycles. The summed E-state index contributed by atoms with van der Waals surface area (Å²) >= 11 is 0. The molecule has 0 saturated heterocycles. The number of rotatable bonds is 2. The molecule has 0 radical (unpaired) electrons. The van der Waals surface area contributed by atoms with Gasteiger partial charge in [-0.25, -0.2) is 4.98 Å². The van der Waals surface area contributed by atoms with Crippen LogP contribution in [0.5, 0.6) is 0 Å². The van der Waals surface area contributed by atoms with E-state index in [1.54, 1.807) is 12.1 Å². The molecule has 17 heavy (non-hydrogen) atoms. The monoisotopic (exact) mass is 240 g/mol. The largest absolute Gasteiger partial charge is 0.406 e. The van der Waals surface area contributed by atoms with E-state index in [4.69, 9.17) is 0 Å². The van der Waals surface area contributed by atoms with E-state index in [9.17, 15) is 13.2 Å². The average molecular weight is 240 g/mol. The maximum absolute atomic E-state index is 12.4. The Labute approximate surface area is 96.7 Å². The van der Waals surface area contributed by atoms with Crippen LogP contribution in [0, 0.1) is 6.92 Å². The summed E-state index contributed by atoms with van der Waals surface area (Å²) in [4.78, 5) is 3.99. The lowest BCUT2D eigenvalue weighted by molar-refractivity contribution is -0.140. The molecule has 0 aliphatic carbocycles. The van der Waals surface area contributed by atoms with E-state index in [1.807, 2.05) is 19.1 Å². The summed E-state index contributed by atoms with van der Waals surface area (Å²) in [5, 5.41) is 0. The normalized spacial score (nSPS) is 11.8.